The molecule has 0 fully saturated rings. The molecule has 1 aromatic rings. The zero-order valence-corrected chi connectivity index (χ0v) is 6.78. The molecule has 0 bridgehead atoms. The summed E-state index contributed by atoms with van der Waals surface area (Å²) in [6.07, 6.45) is 0. The molecule has 0 atom stereocenters. The fourth-order valence-electron chi connectivity index (χ4n) is 0.795. The Labute approximate surface area is 74.7 Å². The molecule has 0 aliphatic heterocycles. The molecule has 0 radical (unpaired) electrons. The van der Waals surface area contributed by atoms with Crippen LogP contribution in [0, 0.1) is 0 Å². The quantitative estimate of drug-likeness (QED) is 0.407. The van der Waals surface area contributed by atoms with Gasteiger partial charge in [0.05, 0.1) is 11.4 Å². The van der Waals surface area contributed by atoms with Crippen molar-refractivity contribution in [3.8, 4) is 0 Å². The van der Waals surface area contributed by atoms with Crippen molar-refractivity contribution in [3.63, 3.8) is 0 Å². The Hall–Kier alpha value is -2.04. The van der Waals surface area contributed by atoms with Crippen LogP contribution in [0.25, 0.3) is 0 Å². The van der Waals surface area contributed by atoms with Crippen molar-refractivity contribution in [2.24, 2.45) is 5.73 Å². The number of benzene rings is 1. The van der Waals surface area contributed by atoms with Gasteiger partial charge in [-0.15, -0.1) is 0 Å². The first-order valence-electron chi connectivity index (χ1n) is 3.56. The molecule has 0 aromatic heterocycles. The first-order chi connectivity index (χ1) is 6.11. The second kappa shape index (κ2) is 3.57. The van der Waals surface area contributed by atoms with Gasteiger partial charge in [-0.1, -0.05) is 12.1 Å². The molecule has 5 N–H and O–H groups in total. The number of anilines is 2. The average molecular weight is 179 g/mol. The van der Waals surface area contributed by atoms with Crippen molar-refractivity contribution in [1.29, 1.82) is 0 Å². The molecule has 0 unspecified atom stereocenters. The number of nitrogens with two attached hydrogens (primary N) is 2. The summed E-state index contributed by atoms with van der Waals surface area (Å²) in [4.78, 5) is 21.2. The zero-order chi connectivity index (χ0) is 9.84. The molecule has 0 aliphatic carbocycles. The van der Waals surface area contributed by atoms with E-state index in [-0.39, 0.29) is 0 Å². The molecule has 0 saturated carbocycles. The number of carbonyl (C=O) groups is 2. The normalized spacial score (nSPS) is 9.23. The first kappa shape index (κ1) is 9.05. The Balaban J connectivity index is 2.81. The predicted molar refractivity (Wildman–Crippen MR) is 48.7 cm³/mol. The van der Waals surface area contributed by atoms with Crippen LogP contribution < -0.4 is 16.8 Å². The number of carbonyl (C=O) groups excluding carboxylic acids is 2. The summed E-state index contributed by atoms with van der Waals surface area (Å²) in [6, 6.07) is 6.59. The highest BCUT2D eigenvalue weighted by Crippen LogP contribution is 2.15. The summed E-state index contributed by atoms with van der Waals surface area (Å²) in [7, 11) is 0. The van der Waals surface area contributed by atoms with Gasteiger partial charge < -0.3 is 16.8 Å². The van der Waals surface area contributed by atoms with Crippen molar-refractivity contribution in [2.75, 3.05) is 11.1 Å². The third kappa shape index (κ3) is 2.19. The van der Waals surface area contributed by atoms with Crippen LogP contribution in [0.15, 0.2) is 24.3 Å². The number of amides is 2. The van der Waals surface area contributed by atoms with Crippen molar-refractivity contribution >= 4 is 23.2 Å². The number of nitrogen functional groups attached to an aromatic ring is 1. The molecule has 1 rings (SSSR count). The Morgan fingerprint density at radius 1 is 1.23 bits per heavy atom. The summed E-state index contributed by atoms with van der Waals surface area (Å²) in [5.74, 6) is -1.92. The minimum absolute atomic E-state index is 0.381. The van der Waals surface area contributed by atoms with Gasteiger partial charge in [0.2, 0.25) is 0 Å². The van der Waals surface area contributed by atoms with Gasteiger partial charge >= 0.3 is 11.8 Å². The first-order valence-corrected chi connectivity index (χ1v) is 3.56. The minimum Gasteiger partial charge on any atom is -0.397 e. The summed E-state index contributed by atoms with van der Waals surface area (Å²) in [6.45, 7) is 0. The third-order valence-corrected chi connectivity index (χ3v) is 1.43. The maximum Gasteiger partial charge on any atom is 0.313 e. The van der Waals surface area contributed by atoms with Crippen LogP contribution in [0.2, 0.25) is 0 Å². The molecular formula is C8H9N3O2. The van der Waals surface area contributed by atoms with Gasteiger partial charge in [-0.2, -0.15) is 0 Å². The van der Waals surface area contributed by atoms with Crippen molar-refractivity contribution in [1.82, 2.24) is 0 Å². The Bertz CT molecular complexity index is 349. The van der Waals surface area contributed by atoms with Crippen LogP contribution >= 0.6 is 0 Å². The monoisotopic (exact) mass is 179 g/mol. The number of hydrogen-bond donors (Lipinski definition) is 3. The van der Waals surface area contributed by atoms with Gasteiger partial charge in [-0.25, -0.2) is 0 Å². The van der Waals surface area contributed by atoms with E-state index in [4.69, 9.17) is 11.5 Å². The lowest BCUT2D eigenvalue weighted by atomic mass is 10.2. The average Bonchev–Trinajstić information content (AvgIpc) is 2.08. The Morgan fingerprint density at radius 3 is 2.38 bits per heavy atom. The van der Waals surface area contributed by atoms with E-state index in [1.807, 2.05) is 0 Å². The Morgan fingerprint density at radius 2 is 1.85 bits per heavy atom. The highest BCUT2D eigenvalue weighted by atomic mass is 16.2. The summed E-state index contributed by atoms with van der Waals surface area (Å²) < 4.78 is 0. The predicted octanol–water partition coefficient (Wildman–Crippen LogP) is -0.307. The molecule has 68 valence electrons. The molecule has 0 spiro atoms. The van der Waals surface area contributed by atoms with E-state index in [1.165, 1.54) is 0 Å². The zero-order valence-electron chi connectivity index (χ0n) is 6.78. The smallest absolute Gasteiger partial charge is 0.313 e. The lowest BCUT2D eigenvalue weighted by Gasteiger charge is -2.04. The van der Waals surface area contributed by atoms with Gasteiger partial charge in [0, 0.05) is 0 Å². The van der Waals surface area contributed by atoms with E-state index in [1.54, 1.807) is 24.3 Å². The highest BCUT2D eigenvalue weighted by Gasteiger charge is 2.09. The molecule has 0 aliphatic rings. The number of para-hydroxylation sites is 2. The lowest BCUT2D eigenvalue weighted by Crippen LogP contribution is -2.29. The summed E-state index contributed by atoms with van der Waals surface area (Å²) >= 11 is 0. The lowest BCUT2D eigenvalue weighted by molar-refractivity contribution is -0.134. The topological polar surface area (TPSA) is 98.2 Å². The number of hydrogen-bond acceptors (Lipinski definition) is 3. The van der Waals surface area contributed by atoms with Crippen LogP contribution in [0.3, 0.4) is 0 Å². The van der Waals surface area contributed by atoms with Crippen LogP contribution in [0.5, 0.6) is 0 Å². The standard InChI is InChI=1S/C8H9N3O2/c9-5-3-1-2-4-6(5)11-8(13)7(10)12/h1-4H,9H2,(H2,10,12)(H,11,13). The molecular weight excluding hydrogens is 170 g/mol. The maximum atomic E-state index is 10.8. The Kier molecular flexibility index (Phi) is 2.49. The largest absolute Gasteiger partial charge is 0.397 e. The summed E-state index contributed by atoms with van der Waals surface area (Å²) in [5.41, 5.74) is 11.0. The van der Waals surface area contributed by atoms with Gasteiger partial charge in [0.25, 0.3) is 0 Å². The molecule has 2 amide bonds. The number of primary amides is 1. The van der Waals surface area contributed by atoms with E-state index >= 15 is 0 Å². The van der Waals surface area contributed by atoms with E-state index in [0.717, 1.165) is 0 Å². The van der Waals surface area contributed by atoms with E-state index in [2.05, 4.69) is 5.32 Å². The van der Waals surface area contributed by atoms with Crippen molar-refractivity contribution in [2.45, 2.75) is 0 Å². The van der Waals surface area contributed by atoms with E-state index in [9.17, 15) is 9.59 Å². The maximum absolute atomic E-state index is 10.8. The summed E-state index contributed by atoms with van der Waals surface area (Å²) in [5, 5.41) is 2.27. The van der Waals surface area contributed by atoms with E-state index < -0.39 is 11.8 Å². The molecule has 5 nitrogen and oxygen atoms in total. The fourth-order valence-corrected chi connectivity index (χ4v) is 0.795. The van der Waals surface area contributed by atoms with Crippen LogP contribution in [0.1, 0.15) is 0 Å². The van der Waals surface area contributed by atoms with Crippen molar-refractivity contribution < 1.29 is 9.59 Å². The molecule has 5 heteroatoms. The SMILES string of the molecule is NC(=O)C(=O)Nc1ccccc1N. The minimum atomic E-state index is -1.04. The highest BCUT2D eigenvalue weighted by molar-refractivity contribution is 6.39. The van der Waals surface area contributed by atoms with Gasteiger partial charge in [0.15, 0.2) is 0 Å². The molecule has 0 heterocycles. The van der Waals surface area contributed by atoms with Gasteiger partial charge in [-0.05, 0) is 12.1 Å². The second-order valence-electron chi connectivity index (χ2n) is 2.41. The van der Waals surface area contributed by atoms with Crippen LogP contribution in [-0.4, -0.2) is 11.8 Å². The molecule has 1 aromatic carbocycles. The second-order valence-corrected chi connectivity index (χ2v) is 2.41. The van der Waals surface area contributed by atoms with Gasteiger partial charge in [0.1, 0.15) is 0 Å². The van der Waals surface area contributed by atoms with Crippen LogP contribution in [0.4, 0.5) is 11.4 Å². The number of nitrogens with one attached hydrogen (secondary N) is 1. The molecule has 0 saturated heterocycles. The van der Waals surface area contributed by atoms with Gasteiger partial charge in [-0.3, -0.25) is 9.59 Å². The van der Waals surface area contributed by atoms with Crippen LogP contribution in [-0.2, 0) is 9.59 Å². The van der Waals surface area contributed by atoms with E-state index in [0.29, 0.717) is 11.4 Å². The van der Waals surface area contributed by atoms with Crippen molar-refractivity contribution in [3.05, 3.63) is 24.3 Å². The molecule has 13 heavy (non-hydrogen) atoms. The third-order valence-electron chi connectivity index (χ3n) is 1.43. The number of rotatable bonds is 1. The fraction of sp³-hybridized carbons (Fsp3) is 0.